The number of H-pyrrole nitrogens is 1. The SMILES string of the molecule is CCc1ccc(NC(=O)CSc2n[nH]c(COc3ccc(C)cc3)n2)cc1. The van der Waals surface area contributed by atoms with Crippen molar-refractivity contribution in [3.8, 4) is 5.75 Å². The molecule has 6 nitrogen and oxygen atoms in total. The van der Waals surface area contributed by atoms with E-state index in [1.165, 1.54) is 22.9 Å². The summed E-state index contributed by atoms with van der Waals surface area (Å²) in [6.07, 6.45) is 0.977. The molecule has 1 amide bonds. The molecule has 7 heteroatoms. The number of nitrogens with zero attached hydrogens (tertiary/aromatic N) is 2. The summed E-state index contributed by atoms with van der Waals surface area (Å²) in [5.74, 6) is 1.55. The van der Waals surface area contributed by atoms with E-state index in [9.17, 15) is 4.79 Å². The van der Waals surface area contributed by atoms with E-state index < -0.39 is 0 Å². The van der Waals surface area contributed by atoms with E-state index in [0.717, 1.165) is 17.9 Å². The second kappa shape index (κ2) is 9.23. The van der Waals surface area contributed by atoms with Gasteiger partial charge in [0.05, 0.1) is 5.75 Å². The average Bonchev–Trinajstić information content (AvgIpc) is 3.14. The van der Waals surface area contributed by atoms with Crippen LogP contribution < -0.4 is 10.1 Å². The zero-order valence-corrected chi connectivity index (χ0v) is 16.2. The Morgan fingerprint density at radius 2 is 1.89 bits per heavy atom. The Morgan fingerprint density at radius 1 is 1.15 bits per heavy atom. The molecule has 1 heterocycles. The van der Waals surface area contributed by atoms with Crippen LogP contribution in [0.3, 0.4) is 0 Å². The van der Waals surface area contributed by atoms with Crippen LogP contribution in [0.1, 0.15) is 23.9 Å². The number of ether oxygens (including phenoxy) is 1. The number of benzene rings is 2. The third kappa shape index (κ3) is 5.86. The minimum atomic E-state index is -0.0912. The van der Waals surface area contributed by atoms with Crippen LogP contribution in [0.15, 0.2) is 53.7 Å². The first kappa shape index (κ1) is 19.0. The molecule has 2 aromatic carbocycles. The molecule has 2 N–H and O–H groups in total. The lowest BCUT2D eigenvalue weighted by Gasteiger charge is -2.05. The van der Waals surface area contributed by atoms with Crippen molar-refractivity contribution in [3.05, 3.63) is 65.5 Å². The highest BCUT2D eigenvalue weighted by molar-refractivity contribution is 7.99. The van der Waals surface area contributed by atoms with Gasteiger partial charge < -0.3 is 10.1 Å². The van der Waals surface area contributed by atoms with Gasteiger partial charge in [0.15, 0.2) is 5.82 Å². The second-order valence-corrected chi connectivity index (χ2v) is 7.00. The van der Waals surface area contributed by atoms with Crippen LogP contribution in [0.5, 0.6) is 5.75 Å². The van der Waals surface area contributed by atoms with Crippen molar-refractivity contribution >= 4 is 23.4 Å². The van der Waals surface area contributed by atoms with E-state index in [0.29, 0.717) is 17.6 Å². The first-order chi connectivity index (χ1) is 13.1. The van der Waals surface area contributed by atoms with Crippen molar-refractivity contribution in [2.24, 2.45) is 0 Å². The topological polar surface area (TPSA) is 79.9 Å². The van der Waals surface area contributed by atoms with Gasteiger partial charge in [-0.15, -0.1) is 5.10 Å². The fraction of sp³-hybridized carbons (Fsp3) is 0.250. The Hall–Kier alpha value is -2.80. The minimum absolute atomic E-state index is 0.0912. The quantitative estimate of drug-likeness (QED) is 0.576. The molecule has 3 aromatic rings. The number of nitrogens with one attached hydrogen (secondary N) is 2. The Bertz CT molecular complexity index is 876. The van der Waals surface area contributed by atoms with E-state index in [1.54, 1.807) is 0 Å². The van der Waals surface area contributed by atoms with Gasteiger partial charge in [-0.1, -0.05) is 48.5 Å². The third-order valence-electron chi connectivity index (χ3n) is 3.89. The van der Waals surface area contributed by atoms with Crippen LogP contribution in [0.25, 0.3) is 0 Å². The molecule has 0 atom stereocenters. The number of aryl methyl sites for hydroxylation is 2. The predicted octanol–water partition coefficient (Wildman–Crippen LogP) is 3.99. The van der Waals surface area contributed by atoms with Crippen LogP contribution >= 0.6 is 11.8 Å². The molecule has 0 saturated carbocycles. The molecule has 0 aliphatic heterocycles. The van der Waals surface area contributed by atoms with E-state index in [4.69, 9.17) is 4.74 Å². The summed E-state index contributed by atoms with van der Waals surface area (Å²) in [7, 11) is 0. The number of thioether (sulfide) groups is 1. The molecular weight excluding hydrogens is 360 g/mol. The van der Waals surface area contributed by atoms with Gasteiger partial charge in [-0.25, -0.2) is 4.98 Å². The summed E-state index contributed by atoms with van der Waals surface area (Å²) in [6.45, 7) is 4.42. The Labute approximate surface area is 162 Å². The highest BCUT2D eigenvalue weighted by Crippen LogP contribution is 2.16. The lowest BCUT2D eigenvalue weighted by molar-refractivity contribution is -0.113. The number of aromatic amines is 1. The summed E-state index contributed by atoms with van der Waals surface area (Å²) in [5.41, 5.74) is 3.21. The van der Waals surface area contributed by atoms with Gasteiger partial charge in [0.2, 0.25) is 11.1 Å². The summed E-state index contributed by atoms with van der Waals surface area (Å²) < 4.78 is 5.66. The predicted molar refractivity (Wildman–Crippen MR) is 107 cm³/mol. The van der Waals surface area contributed by atoms with Crippen molar-refractivity contribution in [1.29, 1.82) is 0 Å². The molecule has 3 rings (SSSR count). The lowest BCUT2D eigenvalue weighted by Crippen LogP contribution is -2.14. The lowest BCUT2D eigenvalue weighted by atomic mass is 10.1. The molecule has 0 aliphatic carbocycles. The second-order valence-electron chi connectivity index (χ2n) is 6.05. The average molecular weight is 382 g/mol. The molecule has 0 bridgehead atoms. The van der Waals surface area contributed by atoms with Crippen LogP contribution in [-0.4, -0.2) is 26.8 Å². The van der Waals surface area contributed by atoms with E-state index >= 15 is 0 Å². The molecule has 0 unspecified atom stereocenters. The van der Waals surface area contributed by atoms with Gasteiger partial charge in [0.1, 0.15) is 12.4 Å². The number of carbonyl (C=O) groups is 1. The summed E-state index contributed by atoms with van der Waals surface area (Å²) >= 11 is 1.28. The zero-order chi connectivity index (χ0) is 19.1. The largest absolute Gasteiger partial charge is 0.486 e. The minimum Gasteiger partial charge on any atom is -0.486 e. The van der Waals surface area contributed by atoms with Gasteiger partial charge in [-0.3, -0.25) is 9.89 Å². The monoisotopic (exact) mass is 382 g/mol. The molecule has 0 fully saturated rings. The number of carbonyl (C=O) groups excluding carboxylic acids is 1. The van der Waals surface area contributed by atoms with Crippen molar-refractivity contribution in [2.75, 3.05) is 11.1 Å². The van der Waals surface area contributed by atoms with Crippen LogP contribution in [0.2, 0.25) is 0 Å². The Morgan fingerprint density at radius 3 is 2.59 bits per heavy atom. The highest BCUT2D eigenvalue weighted by Gasteiger charge is 2.09. The number of hydrogen-bond donors (Lipinski definition) is 2. The summed E-state index contributed by atoms with van der Waals surface area (Å²) in [6, 6.07) is 15.7. The number of hydrogen-bond acceptors (Lipinski definition) is 5. The van der Waals surface area contributed by atoms with Crippen LogP contribution in [0.4, 0.5) is 5.69 Å². The summed E-state index contributed by atoms with van der Waals surface area (Å²) in [4.78, 5) is 16.4. The van der Waals surface area contributed by atoms with Gasteiger partial charge in [0.25, 0.3) is 0 Å². The Kier molecular flexibility index (Phi) is 6.49. The zero-order valence-electron chi connectivity index (χ0n) is 15.4. The molecule has 0 saturated heterocycles. The van der Waals surface area contributed by atoms with Crippen molar-refractivity contribution < 1.29 is 9.53 Å². The fourth-order valence-electron chi connectivity index (χ4n) is 2.34. The van der Waals surface area contributed by atoms with E-state index in [2.05, 4.69) is 27.4 Å². The molecule has 0 radical (unpaired) electrons. The maximum Gasteiger partial charge on any atom is 0.234 e. The molecule has 0 aliphatic rings. The maximum absolute atomic E-state index is 12.1. The van der Waals surface area contributed by atoms with Crippen molar-refractivity contribution in [2.45, 2.75) is 32.0 Å². The molecular formula is C20H22N4O2S. The van der Waals surface area contributed by atoms with Crippen molar-refractivity contribution in [3.63, 3.8) is 0 Å². The maximum atomic E-state index is 12.1. The normalized spacial score (nSPS) is 10.6. The van der Waals surface area contributed by atoms with Gasteiger partial charge >= 0.3 is 0 Å². The molecule has 1 aromatic heterocycles. The number of anilines is 1. The van der Waals surface area contributed by atoms with Gasteiger partial charge in [0, 0.05) is 5.69 Å². The van der Waals surface area contributed by atoms with Crippen LogP contribution in [0, 0.1) is 6.92 Å². The highest BCUT2D eigenvalue weighted by atomic mass is 32.2. The van der Waals surface area contributed by atoms with E-state index in [1.807, 2.05) is 55.5 Å². The molecule has 27 heavy (non-hydrogen) atoms. The first-order valence-electron chi connectivity index (χ1n) is 8.74. The first-order valence-corrected chi connectivity index (χ1v) is 9.73. The Balaban J connectivity index is 1.44. The molecule has 140 valence electrons. The molecule has 0 spiro atoms. The van der Waals surface area contributed by atoms with Crippen LogP contribution in [-0.2, 0) is 17.8 Å². The third-order valence-corrected chi connectivity index (χ3v) is 4.73. The summed E-state index contributed by atoms with van der Waals surface area (Å²) in [5, 5.41) is 10.3. The number of rotatable bonds is 8. The van der Waals surface area contributed by atoms with Gasteiger partial charge in [-0.2, -0.15) is 0 Å². The smallest absolute Gasteiger partial charge is 0.234 e. The van der Waals surface area contributed by atoms with E-state index in [-0.39, 0.29) is 11.7 Å². The van der Waals surface area contributed by atoms with Crippen molar-refractivity contribution in [1.82, 2.24) is 15.2 Å². The number of aromatic nitrogens is 3. The fourth-order valence-corrected chi connectivity index (χ4v) is 2.96. The number of amides is 1. The van der Waals surface area contributed by atoms with Gasteiger partial charge in [-0.05, 0) is 43.2 Å². The standard InChI is InChI=1S/C20H22N4O2S/c1-3-15-6-8-16(9-7-15)21-19(25)13-27-20-22-18(23-24-20)12-26-17-10-4-14(2)5-11-17/h4-11H,3,12-13H2,1-2H3,(H,21,25)(H,22,23,24).